The summed E-state index contributed by atoms with van der Waals surface area (Å²) in [5, 5.41) is 3.17. The van der Waals surface area contributed by atoms with Crippen molar-refractivity contribution in [2.24, 2.45) is 0 Å². The van der Waals surface area contributed by atoms with Crippen LogP contribution in [0.15, 0.2) is 0 Å². The SMILES string of the molecule is COCCNCCCCS(=O)(=O)CCOC. The Morgan fingerprint density at radius 1 is 0.938 bits per heavy atom. The van der Waals surface area contributed by atoms with E-state index in [0.29, 0.717) is 13.0 Å². The molecule has 0 amide bonds. The Hall–Kier alpha value is -0.170. The lowest BCUT2D eigenvalue weighted by Crippen LogP contribution is -2.21. The minimum atomic E-state index is -2.92. The number of nitrogens with one attached hydrogen (secondary N) is 1. The Morgan fingerprint density at radius 3 is 2.25 bits per heavy atom. The van der Waals surface area contributed by atoms with Crippen LogP contribution in [0, 0.1) is 0 Å². The topological polar surface area (TPSA) is 64.6 Å². The van der Waals surface area contributed by atoms with Crippen LogP contribution in [-0.2, 0) is 19.3 Å². The van der Waals surface area contributed by atoms with E-state index < -0.39 is 9.84 Å². The molecule has 0 atom stereocenters. The first-order chi connectivity index (χ1) is 7.62. The molecule has 0 aliphatic rings. The van der Waals surface area contributed by atoms with Crippen LogP contribution >= 0.6 is 0 Å². The quantitative estimate of drug-likeness (QED) is 0.528. The molecule has 0 spiro atoms. The number of methoxy groups -OCH3 is 2. The van der Waals surface area contributed by atoms with Gasteiger partial charge in [0.1, 0.15) is 0 Å². The van der Waals surface area contributed by atoms with E-state index in [2.05, 4.69) is 5.32 Å². The van der Waals surface area contributed by atoms with Gasteiger partial charge in [-0.25, -0.2) is 8.42 Å². The van der Waals surface area contributed by atoms with E-state index in [1.807, 2.05) is 0 Å². The van der Waals surface area contributed by atoms with Crippen LogP contribution in [0.4, 0.5) is 0 Å². The van der Waals surface area contributed by atoms with Crippen molar-refractivity contribution in [3.05, 3.63) is 0 Å². The molecule has 0 bridgehead atoms. The first kappa shape index (κ1) is 15.8. The zero-order chi connectivity index (χ0) is 12.3. The lowest BCUT2D eigenvalue weighted by atomic mass is 10.3. The van der Waals surface area contributed by atoms with Gasteiger partial charge in [-0.15, -0.1) is 0 Å². The summed E-state index contributed by atoms with van der Waals surface area (Å²) in [5.74, 6) is 0.378. The van der Waals surface area contributed by atoms with Gasteiger partial charge in [-0.3, -0.25) is 0 Å². The van der Waals surface area contributed by atoms with Crippen molar-refractivity contribution in [2.45, 2.75) is 12.8 Å². The summed E-state index contributed by atoms with van der Waals surface area (Å²) in [6, 6.07) is 0. The normalized spacial score (nSPS) is 11.9. The molecule has 0 aromatic rings. The summed E-state index contributed by atoms with van der Waals surface area (Å²) in [5.41, 5.74) is 0. The van der Waals surface area contributed by atoms with Gasteiger partial charge in [0.25, 0.3) is 0 Å². The smallest absolute Gasteiger partial charge is 0.152 e. The standard InChI is InChI=1S/C10H23NO4S/c1-14-7-6-11-5-3-4-9-16(12,13)10-8-15-2/h11H,3-10H2,1-2H3. The van der Waals surface area contributed by atoms with E-state index in [-0.39, 0.29) is 18.1 Å². The Balaban J connectivity index is 3.36. The first-order valence-corrected chi connectivity index (χ1v) is 7.33. The van der Waals surface area contributed by atoms with E-state index in [4.69, 9.17) is 9.47 Å². The van der Waals surface area contributed by atoms with Gasteiger partial charge in [-0.05, 0) is 19.4 Å². The highest BCUT2D eigenvalue weighted by Crippen LogP contribution is 1.97. The molecule has 0 aromatic heterocycles. The van der Waals surface area contributed by atoms with Crippen molar-refractivity contribution in [1.29, 1.82) is 0 Å². The zero-order valence-electron chi connectivity index (χ0n) is 10.2. The highest BCUT2D eigenvalue weighted by atomic mass is 32.2. The number of hydrogen-bond donors (Lipinski definition) is 1. The van der Waals surface area contributed by atoms with Gasteiger partial charge in [-0.2, -0.15) is 0 Å². The minimum absolute atomic E-state index is 0.126. The average molecular weight is 253 g/mol. The molecule has 0 unspecified atom stereocenters. The monoisotopic (exact) mass is 253 g/mol. The second-order valence-electron chi connectivity index (χ2n) is 3.59. The molecule has 0 aromatic carbocycles. The molecular weight excluding hydrogens is 230 g/mol. The molecule has 98 valence electrons. The Kier molecular flexibility index (Phi) is 9.91. The predicted octanol–water partition coefficient (Wildman–Crippen LogP) is 0.0638. The Bertz CT molecular complexity index is 241. The summed E-state index contributed by atoms with van der Waals surface area (Å²) in [6.45, 7) is 2.62. The number of unbranched alkanes of at least 4 members (excludes halogenated alkanes) is 1. The highest BCUT2D eigenvalue weighted by Gasteiger charge is 2.09. The molecule has 0 saturated heterocycles. The predicted molar refractivity (Wildman–Crippen MR) is 64.5 cm³/mol. The van der Waals surface area contributed by atoms with Crippen molar-refractivity contribution in [1.82, 2.24) is 5.32 Å². The zero-order valence-corrected chi connectivity index (χ0v) is 11.0. The van der Waals surface area contributed by atoms with Crippen LogP contribution in [0.1, 0.15) is 12.8 Å². The van der Waals surface area contributed by atoms with Gasteiger partial charge in [0, 0.05) is 20.8 Å². The molecule has 0 radical (unpaired) electrons. The fourth-order valence-corrected chi connectivity index (χ4v) is 2.45. The highest BCUT2D eigenvalue weighted by molar-refractivity contribution is 7.91. The summed E-state index contributed by atoms with van der Waals surface area (Å²) in [6.07, 6.45) is 1.57. The van der Waals surface area contributed by atoms with Gasteiger partial charge in [0.15, 0.2) is 9.84 Å². The average Bonchev–Trinajstić information content (AvgIpc) is 2.25. The molecule has 0 rings (SSSR count). The lowest BCUT2D eigenvalue weighted by Gasteiger charge is -2.05. The van der Waals surface area contributed by atoms with Crippen LogP contribution in [0.2, 0.25) is 0 Å². The maximum Gasteiger partial charge on any atom is 0.152 e. The van der Waals surface area contributed by atoms with E-state index in [1.165, 1.54) is 7.11 Å². The molecule has 0 aliphatic heterocycles. The van der Waals surface area contributed by atoms with Gasteiger partial charge >= 0.3 is 0 Å². The molecule has 0 heterocycles. The fourth-order valence-electron chi connectivity index (χ4n) is 1.18. The van der Waals surface area contributed by atoms with E-state index in [0.717, 1.165) is 19.5 Å². The number of rotatable bonds is 11. The van der Waals surface area contributed by atoms with Crippen molar-refractivity contribution in [3.63, 3.8) is 0 Å². The summed E-state index contributed by atoms with van der Waals surface area (Å²) < 4.78 is 32.4. The molecule has 5 nitrogen and oxygen atoms in total. The maximum absolute atomic E-state index is 11.4. The molecule has 1 N–H and O–H groups in total. The summed E-state index contributed by atoms with van der Waals surface area (Å²) in [4.78, 5) is 0. The third kappa shape index (κ3) is 10.4. The van der Waals surface area contributed by atoms with E-state index >= 15 is 0 Å². The fraction of sp³-hybridized carbons (Fsp3) is 1.00. The van der Waals surface area contributed by atoms with Crippen LogP contribution in [0.25, 0.3) is 0 Å². The van der Waals surface area contributed by atoms with E-state index in [9.17, 15) is 8.42 Å². The molecule has 0 aliphatic carbocycles. The number of ether oxygens (including phenoxy) is 2. The number of sulfone groups is 1. The summed E-state index contributed by atoms with van der Waals surface area (Å²) >= 11 is 0. The van der Waals surface area contributed by atoms with E-state index in [1.54, 1.807) is 7.11 Å². The van der Waals surface area contributed by atoms with Crippen molar-refractivity contribution < 1.29 is 17.9 Å². The largest absolute Gasteiger partial charge is 0.384 e. The minimum Gasteiger partial charge on any atom is -0.384 e. The Morgan fingerprint density at radius 2 is 1.62 bits per heavy atom. The lowest BCUT2D eigenvalue weighted by molar-refractivity contribution is 0.199. The van der Waals surface area contributed by atoms with Crippen LogP contribution < -0.4 is 5.32 Å². The third-order valence-corrected chi connectivity index (χ3v) is 3.84. The van der Waals surface area contributed by atoms with Gasteiger partial charge < -0.3 is 14.8 Å². The maximum atomic E-state index is 11.4. The molecule has 0 saturated carbocycles. The van der Waals surface area contributed by atoms with Crippen LogP contribution in [0.5, 0.6) is 0 Å². The molecule has 16 heavy (non-hydrogen) atoms. The van der Waals surface area contributed by atoms with Crippen LogP contribution in [0.3, 0.4) is 0 Å². The van der Waals surface area contributed by atoms with Gasteiger partial charge in [0.05, 0.1) is 24.7 Å². The van der Waals surface area contributed by atoms with Gasteiger partial charge in [0.2, 0.25) is 0 Å². The Labute approximate surface area is 98.4 Å². The van der Waals surface area contributed by atoms with Crippen molar-refractivity contribution in [3.8, 4) is 0 Å². The van der Waals surface area contributed by atoms with Crippen molar-refractivity contribution in [2.75, 3.05) is 52.0 Å². The first-order valence-electron chi connectivity index (χ1n) is 5.51. The van der Waals surface area contributed by atoms with Crippen LogP contribution in [-0.4, -0.2) is 60.4 Å². The molecular formula is C10H23NO4S. The van der Waals surface area contributed by atoms with Gasteiger partial charge in [-0.1, -0.05) is 0 Å². The molecule has 6 heteroatoms. The van der Waals surface area contributed by atoms with Crippen molar-refractivity contribution >= 4 is 9.84 Å². The third-order valence-electron chi connectivity index (χ3n) is 2.14. The summed E-state index contributed by atoms with van der Waals surface area (Å²) in [7, 11) is 0.247. The second kappa shape index (κ2) is 10.0. The number of hydrogen-bond acceptors (Lipinski definition) is 5. The second-order valence-corrected chi connectivity index (χ2v) is 5.90. The molecule has 0 fully saturated rings.